The van der Waals surface area contributed by atoms with Gasteiger partial charge in [0.1, 0.15) is 0 Å². The molecule has 1 heteroatoms. The lowest BCUT2D eigenvalue weighted by Crippen LogP contribution is -2.50. The topological polar surface area (TPSA) is 3.88 Å². The van der Waals surface area contributed by atoms with Gasteiger partial charge in [0.2, 0.25) is 0 Å². The third kappa shape index (κ3) is 3.05. The predicted octanol–water partition coefficient (Wildman–Crippen LogP) is 3.34. The second-order valence-corrected chi connectivity index (χ2v) is 6.43. The highest BCUT2D eigenvalue weighted by atomic mass is 15.0. The van der Waals surface area contributed by atoms with Crippen molar-refractivity contribution in [3.63, 3.8) is 0 Å². The first-order valence-corrected chi connectivity index (χ1v) is 5.64. The molecule has 0 spiro atoms. The van der Waals surface area contributed by atoms with Crippen molar-refractivity contribution in [2.24, 2.45) is 0 Å². The summed E-state index contributed by atoms with van der Waals surface area (Å²) in [5, 5.41) is 0. The van der Waals surface area contributed by atoms with Crippen LogP contribution >= 0.6 is 0 Å². The van der Waals surface area contributed by atoms with E-state index in [-0.39, 0.29) is 11.0 Å². The first kappa shape index (κ1) is 12.2. The van der Waals surface area contributed by atoms with E-state index in [4.69, 9.17) is 0 Å². The summed E-state index contributed by atoms with van der Waals surface area (Å²) in [7, 11) is 0. The Labute approximate surface area is 94.1 Å². The molecule has 0 radical (unpaired) electrons. The zero-order valence-corrected chi connectivity index (χ0v) is 11.2. The number of hydrogen-bond acceptors (Lipinski definition) is 0. The summed E-state index contributed by atoms with van der Waals surface area (Å²) in [5.74, 6) is 0. The van der Waals surface area contributed by atoms with Gasteiger partial charge in [-0.3, -0.25) is 0 Å². The molecule has 84 valence electrons. The summed E-state index contributed by atoms with van der Waals surface area (Å²) < 4.78 is 2.31. The smallest absolute Gasteiger partial charge is 0.173 e. The van der Waals surface area contributed by atoms with Gasteiger partial charge in [-0.15, -0.1) is 0 Å². The molecule has 15 heavy (non-hydrogen) atoms. The highest BCUT2D eigenvalue weighted by Crippen LogP contribution is 2.22. The number of rotatable bonds is 0. The van der Waals surface area contributed by atoms with Crippen LogP contribution in [0.1, 0.15) is 52.7 Å². The minimum Gasteiger partial charge on any atom is -0.200 e. The fraction of sp³-hybridized carbons (Fsp3) is 0.643. The average Bonchev–Trinajstić information content (AvgIpc) is 1.99. The van der Waals surface area contributed by atoms with Crippen LogP contribution in [0.3, 0.4) is 0 Å². The van der Waals surface area contributed by atoms with Gasteiger partial charge >= 0.3 is 0 Å². The summed E-state index contributed by atoms with van der Waals surface area (Å²) in [6, 6.07) is 2.28. The van der Waals surface area contributed by atoms with Crippen molar-refractivity contribution < 1.29 is 4.57 Å². The van der Waals surface area contributed by atoms with Crippen molar-refractivity contribution in [2.45, 2.75) is 59.4 Å². The number of nitrogens with zero attached hydrogens (tertiary/aromatic N) is 1. The third-order valence-electron chi connectivity index (χ3n) is 2.64. The molecule has 1 nitrogen and oxygen atoms in total. The second kappa shape index (κ2) is 3.62. The first-order chi connectivity index (χ1) is 6.60. The van der Waals surface area contributed by atoms with Gasteiger partial charge in [-0.1, -0.05) is 20.8 Å². The fourth-order valence-corrected chi connectivity index (χ4v) is 1.52. The predicted molar refractivity (Wildman–Crippen MR) is 65.1 cm³/mol. The summed E-state index contributed by atoms with van der Waals surface area (Å²) in [6.07, 6.45) is 4.49. The lowest BCUT2D eigenvalue weighted by molar-refractivity contribution is -0.754. The van der Waals surface area contributed by atoms with Gasteiger partial charge in [0.25, 0.3) is 0 Å². The standard InChI is InChI=1S/C14H24N/c1-11-8-12(13(2,3)4)10-15(9-11)14(5,6)7/h8-10H,1-7H3/q+1. The Morgan fingerprint density at radius 3 is 1.87 bits per heavy atom. The van der Waals surface area contributed by atoms with Gasteiger partial charge in [-0.05, 0) is 18.4 Å². The molecule has 0 aliphatic carbocycles. The van der Waals surface area contributed by atoms with Crippen molar-refractivity contribution in [3.05, 3.63) is 29.6 Å². The Hall–Kier alpha value is -0.850. The minimum atomic E-state index is 0.159. The molecular formula is C14H24N+. The fourth-order valence-electron chi connectivity index (χ4n) is 1.52. The van der Waals surface area contributed by atoms with Gasteiger partial charge in [0.05, 0.1) is 0 Å². The quantitative estimate of drug-likeness (QED) is 0.573. The largest absolute Gasteiger partial charge is 0.200 e. The number of aromatic nitrogens is 1. The Kier molecular flexibility index (Phi) is 2.95. The van der Waals surface area contributed by atoms with E-state index in [0.29, 0.717) is 0 Å². The van der Waals surface area contributed by atoms with Gasteiger partial charge < -0.3 is 0 Å². The molecule has 0 atom stereocenters. The summed E-state index contributed by atoms with van der Waals surface area (Å²) in [5.41, 5.74) is 3.11. The van der Waals surface area contributed by atoms with Crippen LogP contribution in [0.25, 0.3) is 0 Å². The van der Waals surface area contributed by atoms with Gasteiger partial charge in [-0.25, -0.2) is 4.57 Å². The van der Waals surface area contributed by atoms with Crippen molar-refractivity contribution >= 4 is 0 Å². The van der Waals surface area contributed by atoms with E-state index >= 15 is 0 Å². The lowest BCUT2D eigenvalue weighted by atomic mass is 9.87. The molecule has 0 aliphatic rings. The number of hydrogen-bond donors (Lipinski definition) is 0. The third-order valence-corrected chi connectivity index (χ3v) is 2.64. The highest BCUT2D eigenvalue weighted by Gasteiger charge is 2.25. The summed E-state index contributed by atoms with van der Waals surface area (Å²) in [4.78, 5) is 0. The molecular weight excluding hydrogens is 182 g/mol. The van der Waals surface area contributed by atoms with Crippen LogP contribution < -0.4 is 4.57 Å². The second-order valence-electron chi connectivity index (χ2n) is 6.43. The van der Waals surface area contributed by atoms with Crippen molar-refractivity contribution in [3.8, 4) is 0 Å². The summed E-state index contributed by atoms with van der Waals surface area (Å²) in [6.45, 7) is 15.6. The Bertz CT molecular complexity index is 318. The van der Waals surface area contributed by atoms with Crippen molar-refractivity contribution in [2.75, 3.05) is 0 Å². The van der Waals surface area contributed by atoms with Crippen LogP contribution in [0.15, 0.2) is 18.5 Å². The van der Waals surface area contributed by atoms with E-state index in [1.807, 2.05) is 0 Å². The molecule has 0 aliphatic heterocycles. The molecule has 0 saturated carbocycles. The van der Waals surface area contributed by atoms with E-state index < -0.39 is 0 Å². The molecule has 1 aromatic heterocycles. The Morgan fingerprint density at radius 1 is 0.933 bits per heavy atom. The van der Waals surface area contributed by atoms with Crippen molar-refractivity contribution in [1.29, 1.82) is 0 Å². The van der Waals surface area contributed by atoms with E-state index in [0.717, 1.165) is 0 Å². The van der Waals surface area contributed by atoms with Crippen molar-refractivity contribution in [1.82, 2.24) is 0 Å². The molecule has 0 N–H and O–H groups in total. The average molecular weight is 206 g/mol. The molecule has 1 rings (SSSR count). The van der Waals surface area contributed by atoms with Gasteiger partial charge in [0.15, 0.2) is 17.9 Å². The van der Waals surface area contributed by atoms with Crippen LogP contribution in [0, 0.1) is 6.92 Å². The first-order valence-electron chi connectivity index (χ1n) is 5.64. The van der Waals surface area contributed by atoms with Gasteiger partial charge in [0, 0.05) is 31.9 Å². The number of pyridine rings is 1. The molecule has 0 bridgehead atoms. The van der Waals surface area contributed by atoms with E-state index in [2.05, 4.69) is 71.5 Å². The SMILES string of the molecule is Cc1cc(C(C)(C)C)c[n+](C(C)(C)C)c1. The molecule has 1 aromatic rings. The maximum absolute atomic E-state index is 2.31. The monoisotopic (exact) mass is 206 g/mol. The van der Waals surface area contributed by atoms with Gasteiger partial charge in [-0.2, -0.15) is 0 Å². The molecule has 0 aromatic carbocycles. The molecule has 0 saturated heterocycles. The molecule has 0 amide bonds. The maximum Gasteiger partial charge on any atom is 0.173 e. The summed E-state index contributed by atoms with van der Waals surface area (Å²) >= 11 is 0. The highest BCUT2D eigenvalue weighted by molar-refractivity contribution is 5.21. The molecule has 0 fully saturated rings. The number of aryl methyl sites for hydroxylation is 1. The Morgan fingerprint density at radius 2 is 1.47 bits per heavy atom. The van der Waals surface area contributed by atoms with E-state index in [9.17, 15) is 0 Å². The molecule has 0 unspecified atom stereocenters. The van der Waals surface area contributed by atoms with Crippen LogP contribution in [-0.2, 0) is 11.0 Å². The lowest BCUT2D eigenvalue weighted by Gasteiger charge is -2.21. The Balaban J connectivity index is 3.30. The van der Waals surface area contributed by atoms with E-state index in [1.165, 1.54) is 11.1 Å². The maximum atomic E-state index is 2.31. The zero-order chi connectivity index (χ0) is 11.9. The normalized spacial score (nSPS) is 13.0. The van der Waals surface area contributed by atoms with Crippen LogP contribution in [0.2, 0.25) is 0 Å². The van der Waals surface area contributed by atoms with Crippen LogP contribution in [0.5, 0.6) is 0 Å². The minimum absolute atomic E-state index is 0.159. The van der Waals surface area contributed by atoms with Crippen LogP contribution in [0.4, 0.5) is 0 Å². The molecule has 1 heterocycles. The zero-order valence-electron chi connectivity index (χ0n) is 11.2. The van der Waals surface area contributed by atoms with E-state index in [1.54, 1.807) is 0 Å². The van der Waals surface area contributed by atoms with Crippen LogP contribution in [-0.4, -0.2) is 0 Å².